The normalized spacial score (nSPS) is 20.2. The third-order valence-electron chi connectivity index (χ3n) is 13.6. The lowest BCUT2D eigenvalue weighted by molar-refractivity contribution is -0.601. The molecular weight excluding hydrogens is 2090 g/mol. The molecule has 0 bridgehead atoms. The minimum absolute atomic E-state index is 0.0486. The molecule has 0 aliphatic rings. The average molecular weight is 2100 g/mol. The van der Waals surface area contributed by atoms with Gasteiger partial charge < -0.3 is 15.4 Å². The Morgan fingerprint density at radius 1 is 0.240 bits per heavy atom. The first-order valence-electron chi connectivity index (χ1n) is 27.6. The van der Waals surface area contributed by atoms with Gasteiger partial charge in [0, 0.05) is 22.4 Å². The van der Waals surface area contributed by atoms with Gasteiger partial charge in [0.1, 0.15) is 0 Å². The van der Waals surface area contributed by atoms with E-state index in [-0.39, 0.29) is 12.2 Å². The number of anilines is 1. The second-order valence-corrected chi connectivity index (χ2v) is 22.9. The lowest BCUT2D eigenvalue weighted by Gasteiger charge is -2.45. The molecule has 0 aromatic heterocycles. The first-order valence-corrected chi connectivity index (χ1v) is 27.6. The van der Waals surface area contributed by atoms with Crippen LogP contribution in [0.2, 0.25) is 0 Å². The van der Waals surface area contributed by atoms with Crippen molar-refractivity contribution in [3.05, 3.63) is 35.4 Å². The highest BCUT2D eigenvalue weighted by molar-refractivity contribution is 6.59. The molecule has 1 rings (SSSR count). The molecule has 10 unspecified atom stereocenters. The monoisotopic (exact) mass is 2100 g/mol. The van der Waals surface area contributed by atoms with Crippen molar-refractivity contribution in [1.82, 2.24) is 0 Å². The van der Waals surface area contributed by atoms with Gasteiger partial charge in [-0.15, -0.1) is 0 Å². The molecule has 0 aliphatic heterocycles. The smallest absolute Gasteiger partial charge is 0.423 e. The molecule has 85 heteroatoms. The van der Waals surface area contributed by atoms with E-state index in [4.69, 9.17) is 0 Å². The number of hydrogen-bond donors (Lipinski definition) is 3. The van der Waals surface area contributed by atoms with E-state index in [1.807, 2.05) is 0 Å². The van der Waals surface area contributed by atoms with Crippen LogP contribution in [0.15, 0.2) is 24.3 Å². The number of rotatable bonds is 35. The zero-order chi connectivity index (χ0) is 105. The Kier molecular flexibility index (Phi) is 30.5. The maximum Gasteiger partial charge on any atom is 0.489 e. The lowest BCUT2D eigenvalue weighted by Crippen LogP contribution is -2.73. The number of nitrogens with one attached hydrogen (secondary N) is 1. The number of halogens is 70. The first-order chi connectivity index (χ1) is 54.8. The van der Waals surface area contributed by atoms with Crippen LogP contribution in [-0.4, -0.2) is 217 Å². The van der Waals surface area contributed by atoms with E-state index in [1.165, 1.54) is 9.47 Å². The Morgan fingerprint density at radius 3 is 0.535 bits per heavy atom. The van der Waals surface area contributed by atoms with Crippen molar-refractivity contribution in [3.63, 3.8) is 0 Å². The second kappa shape index (κ2) is 32.7. The van der Waals surface area contributed by atoms with Gasteiger partial charge in [0.25, 0.3) is 5.91 Å². The first kappa shape index (κ1) is 120. The van der Waals surface area contributed by atoms with Gasteiger partial charge in [-0.05, 0) is 24.5 Å². The van der Waals surface area contributed by atoms with E-state index in [0.29, 0.717) is 37.9 Å². The summed E-state index contributed by atoms with van der Waals surface area (Å²) in [7, 11) is -5.37. The van der Waals surface area contributed by atoms with Crippen molar-refractivity contribution in [1.29, 1.82) is 0 Å². The Labute approximate surface area is 648 Å². The van der Waals surface area contributed by atoms with E-state index in [9.17, 15) is 239 Å². The van der Waals surface area contributed by atoms with Gasteiger partial charge in [0.2, 0.25) is 0 Å². The van der Waals surface area contributed by atoms with Crippen LogP contribution < -0.4 is 10.8 Å². The molecule has 0 heterocycles. The van der Waals surface area contributed by atoms with Crippen molar-refractivity contribution in [3.8, 4) is 0 Å². The summed E-state index contributed by atoms with van der Waals surface area (Å²) in [6.07, 6.45) is -212. The van der Waals surface area contributed by atoms with Crippen molar-refractivity contribution < 1.29 is 370 Å². The quantitative estimate of drug-likeness (QED) is 0.0335. The minimum atomic E-state index is -10.4. The molecule has 129 heavy (non-hydrogen) atoms. The molecule has 0 spiro atoms. The molecule has 0 saturated heterocycles. The Morgan fingerprint density at radius 2 is 0.395 bits per heavy atom. The summed E-state index contributed by atoms with van der Waals surface area (Å²) in [5, 5.41) is 19.2. The van der Waals surface area contributed by atoms with E-state index in [0.717, 1.165) is 0 Å². The number of ether oxygens (including phenoxy) is 10. The molecule has 1 aromatic carbocycles. The zero-order valence-corrected chi connectivity index (χ0v) is 55.8. The largest absolute Gasteiger partial charge is 0.489 e. The fourth-order valence-electron chi connectivity index (χ4n) is 7.25. The van der Waals surface area contributed by atoms with E-state index >= 15 is 83.4 Å². The highest BCUT2D eigenvalue weighted by atomic mass is 19.5. The van der Waals surface area contributed by atoms with Gasteiger partial charge >= 0.3 is 213 Å². The third kappa shape index (κ3) is 20.3. The highest BCUT2D eigenvalue weighted by Crippen LogP contribution is 2.68. The average Bonchev–Trinajstić information content (AvgIpc) is 0.707. The predicted octanol–water partition coefficient (Wildman–Crippen LogP) is 21.6. The van der Waals surface area contributed by atoms with Crippen LogP contribution in [0, 0.1) is 0 Å². The highest BCUT2D eigenvalue weighted by Gasteiger charge is 2.95. The van der Waals surface area contributed by atoms with Crippen LogP contribution in [0.3, 0.4) is 0 Å². The molecule has 10 atom stereocenters. The number of amides is 1. The minimum Gasteiger partial charge on any atom is -0.423 e. The van der Waals surface area contributed by atoms with Gasteiger partial charge in [0.15, 0.2) is 0 Å². The number of benzene rings is 1. The molecule has 0 saturated carbocycles. The van der Waals surface area contributed by atoms with Gasteiger partial charge in [-0.2, -0.15) is 307 Å². The SMILES string of the molecule is C=C(C)C(=O)Nc1cc(B(O)O)c(C(F)(OC(F)(F)C(F)(OC(F)(F)C(F)(OC(F)(F)C(F)(OC(F)(F)C(F)(OC(F)(F)C(F)(F)C(F)(F)F)C(F)(F)F)C(F)(F)F)C(F)(F)F)C(F)(F)F)C(F)(F)F)cc1C(F)(OC(F)(F)C(F)(OC(F)(F)C(F)(OC(F)(F)C(F)(OC(F)(F)C(F)(OC(F)(F)C(F)(F)C(F)(F)F)C(F)(F)F)C(F)(F)F)C(F)(F)F)C(F)(F)F)C(F)(F)F. The number of hydrogen-bond acceptors (Lipinski definition) is 13. The molecule has 1 aromatic rings. The molecule has 762 valence electrons. The van der Waals surface area contributed by atoms with Crippen LogP contribution in [-0.2, 0) is 63.9 Å². The molecule has 0 aliphatic carbocycles. The second-order valence-electron chi connectivity index (χ2n) is 22.9. The van der Waals surface area contributed by atoms with Gasteiger partial charge in [-0.3, -0.25) is 52.2 Å². The topological polar surface area (TPSA) is 162 Å². The molecule has 0 radical (unpaired) electrons. The summed E-state index contributed by atoms with van der Waals surface area (Å²) in [4.78, 5) is 12.5. The molecule has 14 nitrogen and oxygen atoms in total. The third-order valence-corrected chi connectivity index (χ3v) is 13.6. The van der Waals surface area contributed by atoms with Crippen LogP contribution in [0.25, 0.3) is 0 Å². The fraction of sp³-hybridized carbons (Fsp3) is 0.795. The van der Waals surface area contributed by atoms with Crippen molar-refractivity contribution >= 4 is 24.2 Å². The van der Waals surface area contributed by atoms with Crippen LogP contribution >= 0.6 is 0 Å². The Balaban J connectivity index is 5.06. The van der Waals surface area contributed by atoms with Crippen molar-refractivity contribution in [2.75, 3.05) is 5.32 Å². The summed E-state index contributed by atoms with van der Waals surface area (Å²) >= 11 is 0. The number of carbonyl (C=O) groups excluding carboxylic acids is 1. The van der Waals surface area contributed by atoms with Crippen LogP contribution in [0.1, 0.15) is 18.1 Å². The maximum absolute atomic E-state index is 16.9. The van der Waals surface area contributed by atoms with Crippen molar-refractivity contribution in [2.45, 2.75) is 213 Å². The summed E-state index contributed by atoms with van der Waals surface area (Å²) in [6.45, 7) is 2.03. The van der Waals surface area contributed by atoms with Gasteiger partial charge in [-0.1, -0.05) is 6.58 Å². The van der Waals surface area contributed by atoms with E-state index in [1.54, 1.807) is 0 Å². The molecule has 0 fully saturated rings. The lowest BCUT2D eigenvalue weighted by atomic mass is 9.73. The standard InChI is InChI=1S/C44H10BF70NO13/c1-5(2)10(117)116-9-4-8(45(118)119)6(11(46,23(60,61)62)120-37(100,101)15(52,27(72,73)74)124-41(108,109)19(56,31(84,85)86)128-43(112,113)21(58,33(90,91)92)126-39(104,105)17(54,29(78,79)80)122-35(96,97)13(48,49)25(66,67)68)3-7(9)12(47,24(63,64)65)121-38(102,103)16(53,28(75,76)77)125-42(110,111)20(57,32(87,88)89)129-44(114,115)22(59,34(93,94)95)127-40(106,107)18(55,30(81,82)83)123-36(98,99)14(50,51)26(69,70)71/h3-4,118-119H,1H2,2H3,(H,116,117). The fourth-order valence-corrected chi connectivity index (χ4v) is 7.25. The van der Waals surface area contributed by atoms with E-state index < -0.39 is 259 Å². The van der Waals surface area contributed by atoms with Gasteiger partial charge in [-0.25, -0.2) is 0 Å². The molecular formula is C44H10BF70NO13. The van der Waals surface area contributed by atoms with E-state index in [2.05, 4.69) is 6.58 Å². The zero-order valence-electron chi connectivity index (χ0n) is 55.8. The summed E-state index contributed by atoms with van der Waals surface area (Å²) in [5.74, 6) is -120. The summed E-state index contributed by atoms with van der Waals surface area (Å²) in [6, 6.07) is -5.61. The number of alkyl halides is 70. The number of carbonyl (C=O) groups is 1. The summed E-state index contributed by atoms with van der Waals surface area (Å²) < 4.78 is 1010. The molecule has 3 N–H and O–H groups in total. The summed E-state index contributed by atoms with van der Waals surface area (Å²) in [5.41, 5.74) is -20.6. The maximum atomic E-state index is 16.9. The molecule has 1 amide bonds. The van der Waals surface area contributed by atoms with Crippen LogP contribution in [0.4, 0.5) is 313 Å². The predicted molar refractivity (Wildman–Crippen MR) is 239 cm³/mol. The van der Waals surface area contributed by atoms with Crippen molar-refractivity contribution in [2.24, 2.45) is 0 Å². The van der Waals surface area contributed by atoms with Gasteiger partial charge in [0.05, 0.1) is 0 Å². The van der Waals surface area contributed by atoms with Crippen LogP contribution in [0.5, 0.6) is 0 Å². The Hall–Kier alpha value is -6.89. The Bertz CT molecular complexity index is 4120.